The van der Waals surface area contributed by atoms with Crippen molar-refractivity contribution in [1.29, 1.82) is 0 Å². The van der Waals surface area contributed by atoms with Gasteiger partial charge in [0.15, 0.2) is 0 Å². The minimum Gasteiger partial charge on any atom is -0.466 e. The summed E-state index contributed by atoms with van der Waals surface area (Å²) in [5.41, 5.74) is -3.89. The van der Waals surface area contributed by atoms with Crippen LogP contribution in [0.15, 0.2) is 34.9 Å². The summed E-state index contributed by atoms with van der Waals surface area (Å²) < 4.78 is 43.5. The Morgan fingerprint density at radius 1 is 1.42 bits per heavy atom. The molecule has 0 saturated carbocycles. The molecule has 0 aliphatic rings. The highest BCUT2D eigenvalue weighted by atomic mass is 35.5. The van der Waals surface area contributed by atoms with Crippen molar-refractivity contribution in [1.82, 2.24) is 0 Å². The highest BCUT2D eigenvalue weighted by molar-refractivity contribution is 6.31. The molecule has 1 unspecified atom stereocenters. The second kappa shape index (κ2) is 6.33. The zero-order chi connectivity index (χ0) is 18.1. The number of halogens is 4. The Morgan fingerprint density at radius 3 is 2.58 bits per heavy atom. The molecule has 0 fully saturated rings. The first-order chi connectivity index (χ1) is 11.0. The van der Waals surface area contributed by atoms with Gasteiger partial charge in [0.2, 0.25) is 0 Å². The number of hydrogen-bond acceptors (Lipinski definition) is 5. The molecule has 6 nitrogen and oxygen atoms in total. The van der Waals surface area contributed by atoms with Crippen LogP contribution in [0.3, 0.4) is 0 Å². The van der Waals surface area contributed by atoms with Gasteiger partial charge in [-0.15, -0.1) is 0 Å². The summed E-state index contributed by atoms with van der Waals surface area (Å²) in [5, 5.41) is 23.2. The molecule has 0 spiro atoms. The molecule has 0 saturated heterocycles. The molecular weight excluding hydrogens is 353 g/mol. The van der Waals surface area contributed by atoms with Crippen LogP contribution >= 0.6 is 11.6 Å². The van der Waals surface area contributed by atoms with Gasteiger partial charge in [0.05, 0.1) is 28.3 Å². The number of anilines is 1. The van der Waals surface area contributed by atoms with Gasteiger partial charge >= 0.3 is 6.18 Å². The van der Waals surface area contributed by atoms with Crippen LogP contribution in [0.4, 0.5) is 24.5 Å². The van der Waals surface area contributed by atoms with Gasteiger partial charge in [-0.25, -0.2) is 0 Å². The van der Waals surface area contributed by atoms with Crippen molar-refractivity contribution < 1.29 is 27.6 Å². The number of hydrogen-bond donors (Lipinski definition) is 2. The molecule has 1 aromatic carbocycles. The normalized spacial score (nSPS) is 14.2. The third kappa shape index (κ3) is 3.80. The van der Waals surface area contributed by atoms with E-state index < -0.39 is 33.0 Å². The lowest BCUT2D eigenvalue weighted by Crippen LogP contribution is -2.30. The van der Waals surface area contributed by atoms with Crippen molar-refractivity contribution in [3.8, 4) is 0 Å². The van der Waals surface area contributed by atoms with Crippen LogP contribution in [0.2, 0.25) is 5.02 Å². The number of nitro benzene ring substituents is 1. The van der Waals surface area contributed by atoms with Gasteiger partial charge in [-0.2, -0.15) is 13.2 Å². The average molecular weight is 365 g/mol. The van der Waals surface area contributed by atoms with Gasteiger partial charge in [0.25, 0.3) is 5.69 Å². The summed E-state index contributed by atoms with van der Waals surface area (Å²) in [5.74, 6) is 0.190. The van der Waals surface area contributed by atoms with Crippen LogP contribution in [0, 0.1) is 10.1 Å². The van der Waals surface area contributed by atoms with Crippen molar-refractivity contribution in [3.63, 3.8) is 0 Å². The lowest BCUT2D eigenvalue weighted by atomic mass is 10.0. The average Bonchev–Trinajstić information content (AvgIpc) is 2.98. The number of rotatable bonds is 5. The fraction of sp³-hybridized carbons (Fsp3) is 0.286. The Morgan fingerprint density at radius 2 is 2.08 bits per heavy atom. The second-order valence-corrected chi connectivity index (χ2v) is 5.62. The summed E-state index contributed by atoms with van der Waals surface area (Å²) in [6, 6.07) is 4.20. The van der Waals surface area contributed by atoms with Gasteiger partial charge in [0.1, 0.15) is 17.0 Å². The maximum Gasteiger partial charge on any atom is 0.418 e. The number of furan rings is 1. The predicted octanol–water partition coefficient (Wildman–Crippen LogP) is 4.18. The van der Waals surface area contributed by atoms with Crippen LogP contribution in [0.1, 0.15) is 18.2 Å². The fourth-order valence-corrected chi connectivity index (χ4v) is 2.28. The molecule has 2 rings (SSSR count). The van der Waals surface area contributed by atoms with Crippen LogP contribution in [0.25, 0.3) is 0 Å². The standard InChI is InChI=1S/C14H12ClF3N2O4/c1-13(21,12-3-2-4-24-12)7-19-10-6-9(15)8(14(16,17)18)5-11(10)20(22)23/h2-6,19,21H,7H2,1H3. The Balaban J connectivity index is 2.33. The zero-order valence-electron chi connectivity index (χ0n) is 12.2. The van der Waals surface area contributed by atoms with E-state index in [9.17, 15) is 28.4 Å². The number of benzene rings is 1. The van der Waals surface area contributed by atoms with Crippen LogP contribution in [-0.2, 0) is 11.8 Å². The summed E-state index contributed by atoms with van der Waals surface area (Å²) in [4.78, 5) is 10.1. The summed E-state index contributed by atoms with van der Waals surface area (Å²) in [6.45, 7) is 1.14. The van der Waals surface area contributed by atoms with Gasteiger partial charge < -0.3 is 14.8 Å². The molecular formula is C14H12ClF3N2O4. The lowest BCUT2D eigenvalue weighted by Gasteiger charge is -2.22. The number of nitrogens with one attached hydrogen (secondary N) is 1. The number of nitro groups is 1. The van der Waals surface area contributed by atoms with Crippen molar-refractivity contribution in [3.05, 3.63) is 57.0 Å². The number of alkyl halides is 3. The first kappa shape index (κ1) is 18.1. The molecule has 24 heavy (non-hydrogen) atoms. The molecule has 0 radical (unpaired) electrons. The van der Waals surface area contributed by atoms with Crippen molar-refractivity contribution in [2.45, 2.75) is 18.7 Å². The Kier molecular flexibility index (Phi) is 4.77. The maximum atomic E-state index is 12.8. The molecule has 1 aromatic heterocycles. The molecule has 2 N–H and O–H groups in total. The molecule has 1 atom stereocenters. The third-order valence-corrected chi connectivity index (χ3v) is 3.58. The monoisotopic (exact) mass is 364 g/mol. The van der Waals surface area contributed by atoms with Crippen molar-refractivity contribution >= 4 is 23.0 Å². The Hall–Kier alpha value is -2.26. The third-order valence-electron chi connectivity index (χ3n) is 3.26. The molecule has 0 aliphatic carbocycles. The topological polar surface area (TPSA) is 88.5 Å². The van der Waals surface area contributed by atoms with Gasteiger partial charge in [0, 0.05) is 6.07 Å². The van der Waals surface area contributed by atoms with Crippen LogP contribution < -0.4 is 5.32 Å². The molecule has 0 aliphatic heterocycles. The first-order valence-corrected chi connectivity index (χ1v) is 6.95. The SMILES string of the molecule is CC(O)(CNc1cc(Cl)c(C(F)(F)F)cc1[N+](=O)[O-])c1ccco1. The number of nitrogens with zero attached hydrogens (tertiary/aromatic N) is 1. The van der Waals surface area contributed by atoms with E-state index in [4.69, 9.17) is 16.0 Å². The summed E-state index contributed by atoms with van der Waals surface area (Å²) >= 11 is 5.58. The van der Waals surface area contributed by atoms with E-state index in [2.05, 4.69) is 5.32 Å². The van der Waals surface area contributed by atoms with E-state index >= 15 is 0 Å². The van der Waals surface area contributed by atoms with E-state index in [-0.39, 0.29) is 18.0 Å². The van der Waals surface area contributed by atoms with Crippen LogP contribution in [-0.4, -0.2) is 16.6 Å². The predicted molar refractivity (Wildman–Crippen MR) is 79.9 cm³/mol. The largest absolute Gasteiger partial charge is 0.466 e. The molecule has 0 amide bonds. The molecule has 2 aromatic rings. The first-order valence-electron chi connectivity index (χ1n) is 6.58. The van der Waals surface area contributed by atoms with Gasteiger partial charge in [-0.3, -0.25) is 10.1 Å². The summed E-state index contributed by atoms with van der Waals surface area (Å²) in [6.07, 6.45) is -3.48. The van der Waals surface area contributed by atoms with Crippen molar-refractivity contribution in [2.75, 3.05) is 11.9 Å². The molecule has 130 valence electrons. The minimum absolute atomic E-state index is 0.190. The Bertz CT molecular complexity index is 745. The maximum absolute atomic E-state index is 12.8. The highest BCUT2D eigenvalue weighted by Crippen LogP contribution is 2.40. The van der Waals surface area contributed by atoms with E-state index in [1.54, 1.807) is 6.07 Å². The number of aliphatic hydroxyl groups is 1. The molecule has 10 heteroatoms. The quantitative estimate of drug-likeness (QED) is 0.613. The van der Waals surface area contributed by atoms with E-state index in [0.717, 1.165) is 6.07 Å². The molecule has 1 heterocycles. The summed E-state index contributed by atoms with van der Waals surface area (Å²) in [7, 11) is 0. The van der Waals surface area contributed by atoms with Gasteiger partial charge in [-0.05, 0) is 25.1 Å². The van der Waals surface area contributed by atoms with Crippen LogP contribution in [0.5, 0.6) is 0 Å². The second-order valence-electron chi connectivity index (χ2n) is 5.21. The van der Waals surface area contributed by atoms with E-state index in [1.165, 1.54) is 19.3 Å². The van der Waals surface area contributed by atoms with Gasteiger partial charge in [-0.1, -0.05) is 11.6 Å². The fourth-order valence-electron chi connectivity index (χ4n) is 2.01. The minimum atomic E-state index is -4.82. The Labute approximate surface area is 139 Å². The van der Waals surface area contributed by atoms with E-state index in [1.807, 2.05) is 0 Å². The lowest BCUT2D eigenvalue weighted by molar-refractivity contribution is -0.384. The van der Waals surface area contributed by atoms with E-state index in [0.29, 0.717) is 6.07 Å². The zero-order valence-corrected chi connectivity index (χ0v) is 13.0. The smallest absolute Gasteiger partial charge is 0.418 e. The van der Waals surface area contributed by atoms with Crippen molar-refractivity contribution in [2.24, 2.45) is 0 Å². The highest BCUT2D eigenvalue weighted by Gasteiger charge is 2.36. The molecule has 0 bridgehead atoms.